The molecule has 0 amide bonds. The zero-order chi connectivity index (χ0) is 16.9. The van der Waals surface area contributed by atoms with Crippen molar-refractivity contribution in [1.29, 1.82) is 0 Å². The van der Waals surface area contributed by atoms with Gasteiger partial charge in [0.05, 0.1) is 17.7 Å². The molecule has 0 bridgehead atoms. The molecule has 0 unspecified atom stereocenters. The number of hydrogen-bond donors (Lipinski definition) is 0. The van der Waals surface area contributed by atoms with E-state index in [0.29, 0.717) is 0 Å². The van der Waals surface area contributed by atoms with E-state index in [1.807, 2.05) is 30.3 Å². The molecule has 1 heterocycles. The summed E-state index contributed by atoms with van der Waals surface area (Å²) in [4.78, 5) is 7.17. The van der Waals surface area contributed by atoms with Crippen LogP contribution in [0.1, 0.15) is 25.2 Å². The molecule has 0 saturated carbocycles. The molecule has 3 aromatic rings. The molecule has 124 valence electrons. The minimum absolute atomic E-state index is 0.751. The lowest BCUT2D eigenvalue weighted by Crippen LogP contribution is -2.26. The van der Waals surface area contributed by atoms with Crippen molar-refractivity contribution in [2.45, 2.75) is 20.5 Å². The predicted molar refractivity (Wildman–Crippen MR) is 103 cm³/mol. The number of para-hydroxylation sites is 2. The second-order valence-electron chi connectivity index (χ2n) is 5.72. The van der Waals surface area contributed by atoms with Crippen molar-refractivity contribution < 1.29 is 0 Å². The molecule has 3 rings (SSSR count). The topological polar surface area (TPSA) is 21.1 Å². The molecular weight excluding hydrogens is 318 g/mol. The number of halogens is 1. The summed E-state index contributed by atoms with van der Waals surface area (Å²) in [6.45, 7) is 7.25. The van der Waals surface area contributed by atoms with Gasteiger partial charge in [0.2, 0.25) is 0 Å². The van der Waals surface area contributed by atoms with Gasteiger partial charge >= 0.3 is 0 Å². The summed E-state index contributed by atoms with van der Waals surface area (Å²) >= 11 is 5.95. The average molecular weight is 340 g/mol. The van der Waals surface area contributed by atoms with Gasteiger partial charge in [0, 0.05) is 5.02 Å². The fourth-order valence-corrected chi connectivity index (χ4v) is 2.86. The van der Waals surface area contributed by atoms with Gasteiger partial charge in [-0.25, -0.2) is 4.98 Å². The molecule has 0 aliphatic carbocycles. The van der Waals surface area contributed by atoms with Gasteiger partial charge in [-0.1, -0.05) is 55.8 Å². The summed E-state index contributed by atoms with van der Waals surface area (Å²) in [6.07, 6.45) is 4.16. The van der Waals surface area contributed by atoms with Crippen LogP contribution >= 0.6 is 11.6 Å². The van der Waals surface area contributed by atoms with Gasteiger partial charge < -0.3 is 4.57 Å². The standard InChI is InChI=1S/C20H22ClN3/c1-3-23(4-2)15-24-19-8-6-5-7-18(19)22-20(24)14-11-16-9-12-17(21)13-10-16/h5-14H,3-4,15H2,1-2H3. The average Bonchev–Trinajstić information content (AvgIpc) is 2.96. The van der Waals surface area contributed by atoms with E-state index in [9.17, 15) is 0 Å². The second-order valence-corrected chi connectivity index (χ2v) is 6.15. The predicted octanol–water partition coefficient (Wildman–Crippen LogP) is 5.16. The fourth-order valence-electron chi connectivity index (χ4n) is 2.74. The van der Waals surface area contributed by atoms with Gasteiger partial charge in [0.1, 0.15) is 5.82 Å². The third-order valence-corrected chi connectivity index (χ3v) is 4.47. The summed E-state index contributed by atoms with van der Waals surface area (Å²) in [7, 11) is 0. The summed E-state index contributed by atoms with van der Waals surface area (Å²) < 4.78 is 2.27. The van der Waals surface area contributed by atoms with E-state index in [1.165, 1.54) is 5.52 Å². The molecular formula is C20H22ClN3. The van der Waals surface area contributed by atoms with E-state index in [-0.39, 0.29) is 0 Å². The first-order chi connectivity index (χ1) is 11.7. The largest absolute Gasteiger partial charge is 0.311 e. The fraction of sp³-hybridized carbons (Fsp3) is 0.250. The molecule has 24 heavy (non-hydrogen) atoms. The molecule has 2 aromatic carbocycles. The molecule has 0 fully saturated rings. The first-order valence-corrected chi connectivity index (χ1v) is 8.70. The smallest absolute Gasteiger partial charge is 0.134 e. The summed E-state index contributed by atoms with van der Waals surface area (Å²) in [5, 5.41) is 0.751. The van der Waals surface area contributed by atoms with Gasteiger partial charge in [-0.2, -0.15) is 0 Å². The Morgan fingerprint density at radius 3 is 2.42 bits per heavy atom. The quantitative estimate of drug-likeness (QED) is 0.618. The van der Waals surface area contributed by atoms with Crippen LogP contribution in [0.3, 0.4) is 0 Å². The molecule has 0 saturated heterocycles. The minimum atomic E-state index is 0.751. The van der Waals surface area contributed by atoms with Gasteiger partial charge in [-0.05, 0) is 49.0 Å². The van der Waals surface area contributed by atoms with Gasteiger partial charge in [0.25, 0.3) is 0 Å². The Kier molecular flexibility index (Phi) is 5.34. The van der Waals surface area contributed by atoms with E-state index in [4.69, 9.17) is 16.6 Å². The van der Waals surface area contributed by atoms with Crippen LogP contribution in [0.5, 0.6) is 0 Å². The Hall–Kier alpha value is -2.10. The van der Waals surface area contributed by atoms with E-state index in [1.54, 1.807) is 0 Å². The summed E-state index contributed by atoms with van der Waals surface area (Å²) in [6, 6.07) is 16.1. The Morgan fingerprint density at radius 1 is 1.00 bits per heavy atom. The molecule has 1 aromatic heterocycles. The van der Waals surface area contributed by atoms with E-state index >= 15 is 0 Å². The van der Waals surface area contributed by atoms with Crippen molar-refractivity contribution in [3.8, 4) is 0 Å². The van der Waals surface area contributed by atoms with Crippen LogP contribution in [0.4, 0.5) is 0 Å². The lowest BCUT2D eigenvalue weighted by atomic mass is 10.2. The molecule has 0 aliphatic heterocycles. The zero-order valence-electron chi connectivity index (χ0n) is 14.1. The van der Waals surface area contributed by atoms with E-state index in [2.05, 4.69) is 53.7 Å². The first kappa shape index (κ1) is 16.7. The molecule has 0 N–H and O–H groups in total. The monoisotopic (exact) mass is 339 g/mol. The number of hydrogen-bond acceptors (Lipinski definition) is 2. The Balaban J connectivity index is 1.98. The summed E-state index contributed by atoms with van der Waals surface area (Å²) in [5.74, 6) is 0.970. The molecule has 0 radical (unpaired) electrons. The maximum atomic E-state index is 5.95. The number of benzene rings is 2. The Morgan fingerprint density at radius 2 is 1.71 bits per heavy atom. The molecule has 0 spiro atoms. The second kappa shape index (κ2) is 7.65. The van der Waals surface area contributed by atoms with Crippen LogP contribution < -0.4 is 0 Å². The highest BCUT2D eigenvalue weighted by atomic mass is 35.5. The van der Waals surface area contributed by atoms with Crippen LogP contribution in [-0.2, 0) is 6.67 Å². The maximum absolute atomic E-state index is 5.95. The van der Waals surface area contributed by atoms with Gasteiger partial charge in [0.15, 0.2) is 0 Å². The van der Waals surface area contributed by atoms with Crippen LogP contribution in [-0.4, -0.2) is 27.5 Å². The van der Waals surface area contributed by atoms with E-state index in [0.717, 1.165) is 41.7 Å². The van der Waals surface area contributed by atoms with Crippen molar-refractivity contribution in [3.63, 3.8) is 0 Å². The number of rotatable bonds is 6. The lowest BCUT2D eigenvalue weighted by molar-refractivity contribution is 0.245. The van der Waals surface area contributed by atoms with Crippen LogP contribution in [0.25, 0.3) is 23.2 Å². The number of imidazole rings is 1. The highest BCUT2D eigenvalue weighted by molar-refractivity contribution is 6.30. The highest BCUT2D eigenvalue weighted by Crippen LogP contribution is 2.19. The molecule has 0 atom stereocenters. The molecule has 0 aliphatic rings. The Bertz CT molecular complexity index is 830. The lowest BCUT2D eigenvalue weighted by Gasteiger charge is -2.20. The SMILES string of the molecule is CCN(CC)Cn1c(C=Cc2ccc(Cl)cc2)nc2ccccc21. The normalized spacial score (nSPS) is 11.8. The van der Waals surface area contributed by atoms with Crippen LogP contribution in [0.2, 0.25) is 5.02 Å². The minimum Gasteiger partial charge on any atom is -0.311 e. The molecule has 4 heteroatoms. The van der Waals surface area contributed by atoms with Crippen molar-refractivity contribution in [2.24, 2.45) is 0 Å². The maximum Gasteiger partial charge on any atom is 0.134 e. The summed E-state index contributed by atoms with van der Waals surface area (Å²) in [5.41, 5.74) is 3.31. The van der Waals surface area contributed by atoms with Gasteiger partial charge in [-0.3, -0.25) is 4.90 Å². The van der Waals surface area contributed by atoms with Crippen molar-refractivity contribution in [2.75, 3.05) is 13.1 Å². The van der Waals surface area contributed by atoms with E-state index < -0.39 is 0 Å². The molecule has 3 nitrogen and oxygen atoms in total. The van der Waals surface area contributed by atoms with Crippen LogP contribution in [0.15, 0.2) is 48.5 Å². The number of nitrogens with zero attached hydrogens (tertiary/aromatic N) is 3. The zero-order valence-corrected chi connectivity index (χ0v) is 14.9. The third kappa shape index (κ3) is 3.69. The van der Waals surface area contributed by atoms with Crippen molar-refractivity contribution in [3.05, 3.63) is 64.9 Å². The first-order valence-electron chi connectivity index (χ1n) is 8.32. The van der Waals surface area contributed by atoms with Crippen LogP contribution in [0, 0.1) is 0 Å². The number of fused-ring (bicyclic) bond motifs is 1. The van der Waals surface area contributed by atoms with Crippen molar-refractivity contribution in [1.82, 2.24) is 14.5 Å². The Labute approximate surface area is 148 Å². The highest BCUT2D eigenvalue weighted by Gasteiger charge is 2.10. The van der Waals surface area contributed by atoms with Gasteiger partial charge in [-0.15, -0.1) is 0 Å². The van der Waals surface area contributed by atoms with Crippen molar-refractivity contribution >= 4 is 34.8 Å². The third-order valence-electron chi connectivity index (χ3n) is 4.21. The number of aromatic nitrogens is 2.